The molecule has 38 heavy (non-hydrogen) atoms. The minimum Gasteiger partial charge on any atom is -0.379 e. The van der Waals surface area contributed by atoms with Gasteiger partial charge in [-0.15, -0.1) is 6.42 Å². The van der Waals surface area contributed by atoms with Crippen molar-refractivity contribution in [2.24, 2.45) is 0 Å². The number of unbranched alkanes of at least 4 members (excludes halogenated alkanes) is 1. The van der Waals surface area contributed by atoms with Gasteiger partial charge in [-0.05, 0) is 6.42 Å². The maximum atomic E-state index is 5.46. The molecule has 0 bridgehead atoms. The lowest BCUT2D eigenvalue weighted by molar-refractivity contribution is -0.0272. The molecule has 0 saturated carbocycles. The Hall–Kier alpha value is -0.880. The Balaban J connectivity index is 3.01. The maximum Gasteiger partial charge on any atom is 0.107 e. The summed E-state index contributed by atoms with van der Waals surface area (Å²) in [6.07, 6.45) is 7.32. The van der Waals surface area contributed by atoms with Crippen molar-refractivity contribution in [3.63, 3.8) is 0 Å². The molecule has 0 rings (SSSR count). The topological polar surface area (TPSA) is 102 Å². The molecule has 0 aromatic carbocycles. The normalized spacial score (nSPS) is 11.3. The summed E-state index contributed by atoms with van der Waals surface area (Å²) in [5, 5.41) is 0. The van der Waals surface area contributed by atoms with E-state index in [-0.39, 0.29) is 0 Å². The Bertz CT molecular complexity index is 463. The van der Waals surface area contributed by atoms with Gasteiger partial charge in [-0.1, -0.05) is 19.3 Å². The zero-order chi connectivity index (χ0) is 27.5. The second kappa shape index (κ2) is 36.1. The van der Waals surface area contributed by atoms with Gasteiger partial charge >= 0.3 is 0 Å². The van der Waals surface area contributed by atoms with Crippen LogP contribution in [0.5, 0.6) is 0 Å². The third-order valence-electron chi connectivity index (χ3n) is 4.55. The van der Waals surface area contributed by atoms with Crippen LogP contribution in [-0.4, -0.2) is 145 Å². The quantitative estimate of drug-likeness (QED) is 0.0859. The molecule has 0 spiro atoms. The molecule has 0 fully saturated rings. The Morgan fingerprint density at radius 3 is 0.763 bits per heavy atom. The molecular weight excluding hydrogens is 500 g/mol. The largest absolute Gasteiger partial charge is 0.379 e. The molecule has 226 valence electrons. The summed E-state index contributed by atoms with van der Waals surface area (Å²) in [5.41, 5.74) is 0. The van der Waals surface area contributed by atoms with Crippen LogP contribution in [0.15, 0.2) is 0 Å². The van der Waals surface area contributed by atoms with E-state index in [1.807, 2.05) is 0 Å². The molecule has 0 N–H and O–H groups in total. The first-order valence-electron chi connectivity index (χ1n) is 13.7. The van der Waals surface area contributed by atoms with Crippen LogP contribution < -0.4 is 0 Å². The van der Waals surface area contributed by atoms with Crippen LogP contribution in [0.1, 0.15) is 19.8 Å². The van der Waals surface area contributed by atoms with Gasteiger partial charge in [0.1, 0.15) is 6.61 Å². The van der Waals surface area contributed by atoms with Crippen LogP contribution >= 0.6 is 0 Å². The molecule has 0 heterocycles. The molecule has 0 saturated heterocycles. The van der Waals surface area contributed by atoms with E-state index in [0.29, 0.717) is 139 Å². The Morgan fingerprint density at radius 2 is 0.553 bits per heavy atom. The van der Waals surface area contributed by atoms with Crippen molar-refractivity contribution in [2.75, 3.05) is 145 Å². The van der Waals surface area contributed by atoms with E-state index >= 15 is 0 Å². The maximum absolute atomic E-state index is 5.46. The summed E-state index contributed by atoms with van der Waals surface area (Å²) >= 11 is 0. The minimum absolute atomic E-state index is 0.311. The van der Waals surface area contributed by atoms with E-state index < -0.39 is 0 Å². The summed E-state index contributed by atoms with van der Waals surface area (Å²) < 4.78 is 59.3. The lowest BCUT2D eigenvalue weighted by atomic mass is 10.4. The molecule has 11 heteroatoms. The minimum atomic E-state index is 0.311. The monoisotopic (exact) mass is 552 g/mol. The van der Waals surface area contributed by atoms with E-state index in [0.717, 1.165) is 19.4 Å². The van der Waals surface area contributed by atoms with Crippen molar-refractivity contribution in [3.05, 3.63) is 0 Å². The van der Waals surface area contributed by atoms with Crippen LogP contribution in [-0.2, 0) is 52.1 Å². The standard InChI is InChI=1S/C27H52O11/c1-3-5-7-29-9-11-31-13-15-33-17-19-35-21-23-37-25-27-38-26-24-36-22-20-34-18-16-32-14-12-30-10-8-28-6-4-2/h2H,3,5-27H2,1H3. The highest BCUT2D eigenvalue weighted by Crippen LogP contribution is 1.89. The number of ether oxygens (including phenoxy) is 11. The van der Waals surface area contributed by atoms with Crippen LogP contribution in [0.4, 0.5) is 0 Å². The van der Waals surface area contributed by atoms with Crippen LogP contribution in [0, 0.1) is 12.3 Å². The summed E-state index contributed by atoms with van der Waals surface area (Å²) in [5.74, 6) is 2.40. The van der Waals surface area contributed by atoms with Gasteiger partial charge in [0.15, 0.2) is 0 Å². The summed E-state index contributed by atoms with van der Waals surface area (Å²) in [6, 6.07) is 0. The Labute approximate surface area is 229 Å². The summed E-state index contributed by atoms with van der Waals surface area (Å²) in [4.78, 5) is 0. The first-order chi connectivity index (χ1) is 18.9. The fourth-order valence-electron chi connectivity index (χ4n) is 2.58. The average Bonchev–Trinajstić information content (AvgIpc) is 2.93. The van der Waals surface area contributed by atoms with Gasteiger partial charge in [0.25, 0.3) is 0 Å². The lowest BCUT2D eigenvalue weighted by Gasteiger charge is -2.09. The second-order valence-electron chi connectivity index (χ2n) is 7.73. The van der Waals surface area contributed by atoms with Crippen LogP contribution in [0.3, 0.4) is 0 Å². The number of terminal acetylenes is 1. The Kier molecular flexibility index (Phi) is 35.3. The van der Waals surface area contributed by atoms with E-state index in [1.54, 1.807) is 0 Å². The third-order valence-corrected chi connectivity index (χ3v) is 4.55. The van der Waals surface area contributed by atoms with E-state index in [9.17, 15) is 0 Å². The molecule has 11 nitrogen and oxygen atoms in total. The van der Waals surface area contributed by atoms with Crippen LogP contribution in [0.2, 0.25) is 0 Å². The van der Waals surface area contributed by atoms with Crippen molar-refractivity contribution in [3.8, 4) is 12.3 Å². The number of hydrogen-bond donors (Lipinski definition) is 0. The fraction of sp³-hybridized carbons (Fsp3) is 0.926. The molecule has 0 radical (unpaired) electrons. The molecule has 0 atom stereocenters. The van der Waals surface area contributed by atoms with Crippen molar-refractivity contribution in [1.82, 2.24) is 0 Å². The molecule has 0 aliphatic heterocycles. The van der Waals surface area contributed by atoms with Crippen molar-refractivity contribution >= 4 is 0 Å². The SMILES string of the molecule is C#CCOCCOCCOCCOCCOCCOCCOCCOCCOCCOCCOCCCC. The summed E-state index contributed by atoms with van der Waals surface area (Å²) in [7, 11) is 0. The highest BCUT2D eigenvalue weighted by molar-refractivity contribution is 4.82. The van der Waals surface area contributed by atoms with E-state index in [2.05, 4.69) is 12.8 Å². The Morgan fingerprint density at radius 1 is 0.342 bits per heavy atom. The first-order valence-corrected chi connectivity index (χ1v) is 13.7. The highest BCUT2D eigenvalue weighted by atomic mass is 16.6. The molecule has 0 amide bonds. The number of rotatable bonds is 34. The fourth-order valence-corrected chi connectivity index (χ4v) is 2.58. The number of hydrogen-bond acceptors (Lipinski definition) is 11. The predicted molar refractivity (Wildman–Crippen MR) is 143 cm³/mol. The summed E-state index contributed by atoms with van der Waals surface area (Å²) in [6.45, 7) is 13.9. The van der Waals surface area contributed by atoms with Gasteiger partial charge in [-0.2, -0.15) is 0 Å². The van der Waals surface area contributed by atoms with Gasteiger partial charge in [0, 0.05) is 6.61 Å². The van der Waals surface area contributed by atoms with Gasteiger partial charge in [-0.3, -0.25) is 0 Å². The van der Waals surface area contributed by atoms with Crippen LogP contribution in [0.25, 0.3) is 0 Å². The molecule has 0 aromatic rings. The molecule has 0 aromatic heterocycles. The zero-order valence-electron chi connectivity index (χ0n) is 23.5. The van der Waals surface area contributed by atoms with Gasteiger partial charge in [0.05, 0.1) is 132 Å². The molecule has 0 aliphatic rings. The van der Waals surface area contributed by atoms with E-state index in [1.165, 1.54) is 0 Å². The molecule has 0 aliphatic carbocycles. The van der Waals surface area contributed by atoms with Gasteiger partial charge in [0.2, 0.25) is 0 Å². The van der Waals surface area contributed by atoms with Crippen molar-refractivity contribution in [2.45, 2.75) is 19.8 Å². The van der Waals surface area contributed by atoms with Gasteiger partial charge < -0.3 is 52.1 Å². The molecule has 0 unspecified atom stereocenters. The first kappa shape index (κ1) is 37.1. The van der Waals surface area contributed by atoms with Crippen molar-refractivity contribution < 1.29 is 52.1 Å². The average molecular weight is 553 g/mol. The van der Waals surface area contributed by atoms with E-state index in [4.69, 9.17) is 58.5 Å². The third kappa shape index (κ3) is 35.1. The highest BCUT2D eigenvalue weighted by Gasteiger charge is 1.96. The van der Waals surface area contributed by atoms with Gasteiger partial charge in [-0.25, -0.2) is 0 Å². The predicted octanol–water partition coefficient (Wildman–Crippen LogP) is 1.60. The zero-order valence-corrected chi connectivity index (χ0v) is 23.5. The lowest BCUT2D eigenvalue weighted by Crippen LogP contribution is -2.15. The van der Waals surface area contributed by atoms with Crippen molar-refractivity contribution in [1.29, 1.82) is 0 Å². The second-order valence-corrected chi connectivity index (χ2v) is 7.73. The smallest absolute Gasteiger partial charge is 0.107 e. The molecular formula is C27H52O11.